The second kappa shape index (κ2) is 8.04. The number of methoxy groups -OCH3 is 1. The molecule has 1 fully saturated rings. The van der Waals surface area contributed by atoms with Crippen molar-refractivity contribution < 1.29 is 14.1 Å². The molecule has 9 heteroatoms. The number of aromatic nitrogens is 3. The fraction of sp³-hybridized carbons (Fsp3) is 0.400. The van der Waals surface area contributed by atoms with E-state index in [-0.39, 0.29) is 11.5 Å². The monoisotopic (exact) mass is 397 g/mol. The molecular weight excluding hydrogens is 374 g/mol. The van der Waals surface area contributed by atoms with Crippen molar-refractivity contribution in [1.29, 1.82) is 0 Å². The zero-order chi connectivity index (χ0) is 20.4. The van der Waals surface area contributed by atoms with E-state index in [9.17, 15) is 9.59 Å². The van der Waals surface area contributed by atoms with E-state index in [4.69, 9.17) is 9.26 Å². The van der Waals surface area contributed by atoms with Crippen LogP contribution in [0.4, 0.5) is 5.69 Å². The molecule has 1 aliphatic rings. The number of benzene rings is 1. The van der Waals surface area contributed by atoms with E-state index in [0.717, 1.165) is 5.69 Å². The van der Waals surface area contributed by atoms with Gasteiger partial charge in [-0.2, -0.15) is 0 Å². The Morgan fingerprint density at radius 3 is 2.72 bits per heavy atom. The zero-order valence-electron chi connectivity index (χ0n) is 16.5. The number of piperazine rings is 1. The maximum absolute atomic E-state index is 12.6. The Labute approximate surface area is 167 Å². The number of hydrogen-bond donors (Lipinski definition) is 0. The molecule has 0 atom stereocenters. The Hall–Kier alpha value is -3.20. The third-order valence-corrected chi connectivity index (χ3v) is 5.26. The summed E-state index contributed by atoms with van der Waals surface area (Å²) < 4.78 is 11.6. The highest BCUT2D eigenvalue weighted by Gasteiger charge is 2.25. The van der Waals surface area contributed by atoms with Gasteiger partial charge in [-0.15, -0.1) is 0 Å². The first-order valence-corrected chi connectivity index (χ1v) is 9.52. The van der Waals surface area contributed by atoms with Crippen molar-refractivity contribution >= 4 is 22.5 Å². The van der Waals surface area contributed by atoms with Crippen molar-refractivity contribution in [2.75, 3.05) is 44.8 Å². The van der Waals surface area contributed by atoms with Gasteiger partial charge in [0.25, 0.3) is 11.5 Å². The average molecular weight is 397 g/mol. The second-order valence-corrected chi connectivity index (χ2v) is 7.01. The summed E-state index contributed by atoms with van der Waals surface area (Å²) in [5.74, 6) is 0.481. The standard InChI is InChI=1S/C20H23N5O4/c1-14-17(12-22-29-14)20(27)24-7-5-23(6-8-24)15-3-4-16-18(11-15)21-13-25(19(16)26)9-10-28-2/h3-4,11-13H,5-10H2,1-2H3. The molecule has 0 bridgehead atoms. The summed E-state index contributed by atoms with van der Waals surface area (Å²) in [6.45, 7) is 5.28. The third-order valence-electron chi connectivity index (χ3n) is 5.26. The van der Waals surface area contributed by atoms with Crippen LogP contribution < -0.4 is 10.5 Å². The lowest BCUT2D eigenvalue weighted by Gasteiger charge is -2.36. The summed E-state index contributed by atoms with van der Waals surface area (Å²) in [5.41, 5.74) is 2.10. The number of carbonyl (C=O) groups excluding carboxylic acids is 1. The molecule has 0 radical (unpaired) electrons. The van der Waals surface area contributed by atoms with E-state index in [1.807, 2.05) is 23.1 Å². The molecule has 29 heavy (non-hydrogen) atoms. The fourth-order valence-corrected chi connectivity index (χ4v) is 3.53. The summed E-state index contributed by atoms with van der Waals surface area (Å²) in [5, 5.41) is 4.27. The van der Waals surface area contributed by atoms with Crippen molar-refractivity contribution in [2.24, 2.45) is 0 Å². The minimum atomic E-state index is -0.0712. The van der Waals surface area contributed by atoms with Gasteiger partial charge in [0.2, 0.25) is 0 Å². The summed E-state index contributed by atoms with van der Waals surface area (Å²) in [7, 11) is 1.60. The molecule has 3 aromatic rings. The first kappa shape index (κ1) is 19.1. The molecule has 0 spiro atoms. The van der Waals surface area contributed by atoms with Gasteiger partial charge in [-0.25, -0.2) is 4.98 Å². The molecular formula is C20H23N5O4. The van der Waals surface area contributed by atoms with Crippen LogP contribution in [0, 0.1) is 6.92 Å². The van der Waals surface area contributed by atoms with Crippen molar-refractivity contribution in [3.8, 4) is 0 Å². The van der Waals surface area contributed by atoms with E-state index in [2.05, 4.69) is 15.0 Å². The molecule has 1 aromatic carbocycles. The van der Waals surface area contributed by atoms with Gasteiger partial charge in [-0.05, 0) is 25.1 Å². The topological polar surface area (TPSA) is 93.7 Å². The van der Waals surface area contributed by atoms with E-state index in [0.29, 0.717) is 61.6 Å². The van der Waals surface area contributed by atoms with Gasteiger partial charge in [0.1, 0.15) is 11.3 Å². The quantitative estimate of drug-likeness (QED) is 0.641. The van der Waals surface area contributed by atoms with Crippen molar-refractivity contribution in [1.82, 2.24) is 19.6 Å². The van der Waals surface area contributed by atoms with Crippen molar-refractivity contribution in [2.45, 2.75) is 13.5 Å². The highest BCUT2D eigenvalue weighted by atomic mass is 16.5. The molecule has 1 saturated heterocycles. The lowest BCUT2D eigenvalue weighted by molar-refractivity contribution is 0.0745. The largest absolute Gasteiger partial charge is 0.383 e. The number of rotatable bonds is 5. The van der Waals surface area contributed by atoms with Crippen LogP contribution in [0.25, 0.3) is 10.9 Å². The van der Waals surface area contributed by atoms with E-state index >= 15 is 0 Å². The predicted molar refractivity (Wildman–Crippen MR) is 107 cm³/mol. The Bertz CT molecular complexity index is 1080. The van der Waals surface area contributed by atoms with Crippen LogP contribution in [0.1, 0.15) is 16.1 Å². The number of nitrogens with zero attached hydrogens (tertiary/aromatic N) is 5. The van der Waals surface area contributed by atoms with Gasteiger partial charge in [0.15, 0.2) is 0 Å². The molecule has 0 N–H and O–H groups in total. The Balaban J connectivity index is 1.48. The highest BCUT2D eigenvalue weighted by molar-refractivity contribution is 5.95. The molecule has 3 heterocycles. The van der Waals surface area contributed by atoms with Crippen LogP contribution in [-0.4, -0.2) is 65.4 Å². The molecule has 1 aliphatic heterocycles. The summed E-state index contributed by atoms with van der Waals surface area (Å²) in [4.78, 5) is 33.6. The first-order chi connectivity index (χ1) is 14.1. The highest BCUT2D eigenvalue weighted by Crippen LogP contribution is 2.21. The lowest BCUT2D eigenvalue weighted by atomic mass is 10.1. The molecule has 0 aliphatic carbocycles. The molecule has 1 amide bonds. The summed E-state index contributed by atoms with van der Waals surface area (Å²) >= 11 is 0. The van der Waals surface area contributed by atoms with E-state index < -0.39 is 0 Å². The smallest absolute Gasteiger partial charge is 0.261 e. The van der Waals surface area contributed by atoms with Gasteiger partial charge in [-0.3, -0.25) is 14.2 Å². The van der Waals surface area contributed by atoms with E-state index in [1.165, 1.54) is 6.20 Å². The average Bonchev–Trinajstić information content (AvgIpc) is 3.18. The van der Waals surface area contributed by atoms with Gasteiger partial charge in [0.05, 0.1) is 36.6 Å². The number of aryl methyl sites for hydroxylation is 1. The SMILES string of the molecule is COCCn1cnc2cc(N3CCN(C(=O)c4cnoc4C)CC3)ccc2c1=O. The number of fused-ring (bicyclic) bond motifs is 1. The van der Waals surface area contributed by atoms with Gasteiger partial charge in [0, 0.05) is 39.0 Å². The van der Waals surface area contributed by atoms with Gasteiger partial charge in [-0.1, -0.05) is 5.16 Å². The number of carbonyl (C=O) groups is 1. The van der Waals surface area contributed by atoms with Crippen molar-refractivity contribution in [3.05, 3.63) is 52.4 Å². The van der Waals surface area contributed by atoms with Gasteiger partial charge >= 0.3 is 0 Å². The maximum Gasteiger partial charge on any atom is 0.261 e. The number of hydrogen-bond acceptors (Lipinski definition) is 7. The molecule has 152 valence electrons. The summed E-state index contributed by atoms with van der Waals surface area (Å²) in [6.07, 6.45) is 3.03. The third kappa shape index (κ3) is 3.73. The summed E-state index contributed by atoms with van der Waals surface area (Å²) in [6, 6.07) is 5.69. The predicted octanol–water partition coefficient (Wildman–Crippen LogP) is 1.30. The molecule has 0 saturated carbocycles. The van der Waals surface area contributed by atoms with Crippen molar-refractivity contribution in [3.63, 3.8) is 0 Å². The fourth-order valence-electron chi connectivity index (χ4n) is 3.53. The van der Waals surface area contributed by atoms with Crippen LogP contribution in [0.15, 0.2) is 40.0 Å². The zero-order valence-corrected chi connectivity index (χ0v) is 16.5. The van der Waals surface area contributed by atoms with Gasteiger partial charge < -0.3 is 19.1 Å². The molecule has 9 nitrogen and oxygen atoms in total. The molecule has 4 rings (SSSR count). The maximum atomic E-state index is 12.6. The Morgan fingerprint density at radius 2 is 2.03 bits per heavy atom. The molecule has 0 unspecified atom stereocenters. The number of ether oxygens (including phenoxy) is 1. The normalized spacial score (nSPS) is 14.6. The second-order valence-electron chi connectivity index (χ2n) is 7.01. The Kier molecular flexibility index (Phi) is 5.30. The minimum Gasteiger partial charge on any atom is -0.383 e. The molecule has 2 aromatic heterocycles. The lowest BCUT2D eigenvalue weighted by Crippen LogP contribution is -2.48. The van der Waals surface area contributed by atoms with E-state index in [1.54, 1.807) is 24.9 Å². The van der Waals surface area contributed by atoms with Crippen LogP contribution in [-0.2, 0) is 11.3 Å². The van der Waals surface area contributed by atoms with Crippen LogP contribution in [0.2, 0.25) is 0 Å². The van der Waals surface area contributed by atoms with Crippen LogP contribution in [0.3, 0.4) is 0 Å². The number of anilines is 1. The number of amides is 1. The Morgan fingerprint density at radius 1 is 1.24 bits per heavy atom. The van der Waals surface area contributed by atoms with Crippen LogP contribution in [0.5, 0.6) is 0 Å². The van der Waals surface area contributed by atoms with Crippen LogP contribution >= 0.6 is 0 Å². The minimum absolute atomic E-state index is 0.0554. The first-order valence-electron chi connectivity index (χ1n) is 9.52.